The average molecular weight is 363 g/mol. The first kappa shape index (κ1) is 17.6. The summed E-state index contributed by atoms with van der Waals surface area (Å²) < 4.78 is 30.0. The second-order valence-electron chi connectivity index (χ2n) is 6.20. The van der Waals surface area contributed by atoms with Gasteiger partial charge in [-0.2, -0.15) is 0 Å². The fourth-order valence-electron chi connectivity index (χ4n) is 2.98. The van der Waals surface area contributed by atoms with Gasteiger partial charge >= 0.3 is 0 Å². The van der Waals surface area contributed by atoms with Crippen LogP contribution in [-0.4, -0.2) is 48.3 Å². The molecule has 1 saturated heterocycles. The molecule has 1 aliphatic heterocycles. The minimum Gasteiger partial charge on any atom is -0.425 e. The number of hydrogen-bond donors (Lipinski definition) is 0. The molecule has 0 bridgehead atoms. The third-order valence-electron chi connectivity index (χ3n) is 4.43. The van der Waals surface area contributed by atoms with Gasteiger partial charge < -0.3 is 9.32 Å². The summed E-state index contributed by atoms with van der Waals surface area (Å²) in [6.07, 6.45) is 1.50. The number of amides is 1. The van der Waals surface area contributed by atoms with Crippen LogP contribution in [0.2, 0.25) is 0 Å². The van der Waals surface area contributed by atoms with Gasteiger partial charge in [-0.05, 0) is 25.0 Å². The SMILES string of the molecule is Cc1nnc(C2CCN(C(=O)CCS(=O)(=O)c3ccccc3)CC2)o1. The Kier molecular flexibility index (Phi) is 5.17. The van der Waals surface area contributed by atoms with Crippen molar-refractivity contribution in [1.82, 2.24) is 15.1 Å². The van der Waals surface area contributed by atoms with Gasteiger partial charge in [0, 0.05) is 32.4 Å². The summed E-state index contributed by atoms with van der Waals surface area (Å²) in [5.74, 6) is 1.03. The Morgan fingerprint density at radius 3 is 2.48 bits per heavy atom. The largest absolute Gasteiger partial charge is 0.425 e. The highest BCUT2D eigenvalue weighted by atomic mass is 32.2. The fraction of sp³-hybridized carbons (Fsp3) is 0.471. The number of carbonyl (C=O) groups excluding carboxylic acids is 1. The molecule has 0 atom stereocenters. The van der Waals surface area contributed by atoms with Gasteiger partial charge in [0.2, 0.25) is 17.7 Å². The Bertz CT molecular complexity index is 825. The number of aryl methyl sites for hydroxylation is 1. The molecule has 1 fully saturated rings. The first-order valence-corrected chi connectivity index (χ1v) is 9.96. The molecule has 0 saturated carbocycles. The second kappa shape index (κ2) is 7.35. The van der Waals surface area contributed by atoms with E-state index in [0.29, 0.717) is 24.9 Å². The van der Waals surface area contributed by atoms with Crippen molar-refractivity contribution >= 4 is 15.7 Å². The first-order chi connectivity index (χ1) is 12.0. The first-order valence-electron chi connectivity index (χ1n) is 8.31. The van der Waals surface area contributed by atoms with Crippen molar-refractivity contribution in [3.05, 3.63) is 42.1 Å². The van der Waals surface area contributed by atoms with Crippen LogP contribution in [0.1, 0.15) is 37.0 Å². The third kappa shape index (κ3) is 4.25. The Labute approximate surface area is 147 Å². The number of sulfone groups is 1. The smallest absolute Gasteiger partial charge is 0.223 e. The molecule has 8 heteroatoms. The van der Waals surface area contributed by atoms with Crippen molar-refractivity contribution in [2.24, 2.45) is 0 Å². The number of likely N-dealkylation sites (tertiary alicyclic amines) is 1. The van der Waals surface area contributed by atoms with Crippen LogP contribution in [0.4, 0.5) is 0 Å². The van der Waals surface area contributed by atoms with Crippen LogP contribution in [0.25, 0.3) is 0 Å². The Hall–Kier alpha value is -2.22. The summed E-state index contributed by atoms with van der Waals surface area (Å²) in [4.78, 5) is 14.3. The molecule has 1 aromatic heterocycles. The number of rotatable bonds is 5. The van der Waals surface area contributed by atoms with Crippen LogP contribution in [0.15, 0.2) is 39.6 Å². The Morgan fingerprint density at radius 1 is 1.20 bits per heavy atom. The molecule has 2 aromatic rings. The van der Waals surface area contributed by atoms with Crippen LogP contribution in [0.3, 0.4) is 0 Å². The van der Waals surface area contributed by atoms with E-state index in [2.05, 4.69) is 10.2 Å². The van der Waals surface area contributed by atoms with Gasteiger partial charge in [-0.3, -0.25) is 4.79 Å². The van der Waals surface area contributed by atoms with Crippen LogP contribution >= 0.6 is 0 Å². The molecule has 0 N–H and O–H groups in total. The lowest BCUT2D eigenvalue weighted by molar-refractivity contribution is -0.131. The molecule has 134 valence electrons. The van der Waals surface area contributed by atoms with Crippen LogP contribution in [-0.2, 0) is 14.6 Å². The van der Waals surface area contributed by atoms with E-state index < -0.39 is 9.84 Å². The number of carbonyl (C=O) groups is 1. The van der Waals surface area contributed by atoms with E-state index in [1.54, 1.807) is 42.2 Å². The van der Waals surface area contributed by atoms with E-state index in [4.69, 9.17) is 4.42 Å². The second-order valence-corrected chi connectivity index (χ2v) is 8.31. The monoisotopic (exact) mass is 363 g/mol. The van der Waals surface area contributed by atoms with Gasteiger partial charge in [-0.25, -0.2) is 8.42 Å². The number of piperidine rings is 1. The minimum atomic E-state index is -3.43. The zero-order valence-electron chi connectivity index (χ0n) is 14.1. The molecule has 0 aliphatic carbocycles. The van der Waals surface area contributed by atoms with Gasteiger partial charge in [-0.1, -0.05) is 18.2 Å². The molecule has 25 heavy (non-hydrogen) atoms. The van der Waals surface area contributed by atoms with Crippen molar-refractivity contribution in [1.29, 1.82) is 0 Å². The van der Waals surface area contributed by atoms with Crippen molar-refractivity contribution in [3.8, 4) is 0 Å². The zero-order chi connectivity index (χ0) is 17.9. The lowest BCUT2D eigenvalue weighted by Gasteiger charge is -2.30. The van der Waals surface area contributed by atoms with Gasteiger partial charge in [-0.15, -0.1) is 10.2 Å². The van der Waals surface area contributed by atoms with Gasteiger partial charge in [0.15, 0.2) is 9.84 Å². The molecule has 7 nitrogen and oxygen atoms in total. The van der Waals surface area contributed by atoms with E-state index in [-0.39, 0.29) is 28.9 Å². The van der Waals surface area contributed by atoms with E-state index in [1.807, 2.05) is 0 Å². The minimum absolute atomic E-state index is 0.00155. The van der Waals surface area contributed by atoms with Crippen LogP contribution in [0, 0.1) is 6.92 Å². The van der Waals surface area contributed by atoms with E-state index in [0.717, 1.165) is 12.8 Å². The number of benzene rings is 1. The van der Waals surface area contributed by atoms with Crippen molar-refractivity contribution in [3.63, 3.8) is 0 Å². The summed E-state index contributed by atoms with van der Waals surface area (Å²) in [5.41, 5.74) is 0. The number of aromatic nitrogens is 2. The Balaban J connectivity index is 1.51. The summed E-state index contributed by atoms with van der Waals surface area (Å²) in [7, 11) is -3.43. The highest BCUT2D eigenvalue weighted by molar-refractivity contribution is 7.91. The molecule has 0 radical (unpaired) electrons. The molecule has 3 rings (SSSR count). The van der Waals surface area contributed by atoms with Crippen LogP contribution < -0.4 is 0 Å². The predicted molar refractivity (Wildman–Crippen MR) is 90.7 cm³/mol. The zero-order valence-corrected chi connectivity index (χ0v) is 14.9. The summed E-state index contributed by atoms with van der Waals surface area (Å²) in [5, 5.41) is 7.88. The van der Waals surface area contributed by atoms with E-state index in [1.165, 1.54) is 0 Å². The highest BCUT2D eigenvalue weighted by Gasteiger charge is 2.27. The van der Waals surface area contributed by atoms with Gasteiger partial charge in [0.05, 0.1) is 10.6 Å². The molecular formula is C17H21N3O4S. The van der Waals surface area contributed by atoms with Crippen molar-refractivity contribution in [2.45, 2.75) is 37.0 Å². The predicted octanol–water partition coefficient (Wildman–Crippen LogP) is 1.95. The molecule has 0 spiro atoms. The molecular weight excluding hydrogens is 342 g/mol. The van der Waals surface area contributed by atoms with E-state index in [9.17, 15) is 13.2 Å². The molecule has 1 aromatic carbocycles. The average Bonchev–Trinajstić information content (AvgIpc) is 3.07. The maximum Gasteiger partial charge on any atom is 0.223 e. The van der Waals surface area contributed by atoms with E-state index >= 15 is 0 Å². The summed E-state index contributed by atoms with van der Waals surface area (Å²) in [6.45, 7) is 2.91. The van der Waals surface area contributed by atoms with Crippen molar-refractivity contribution < 1.29 is 17.6 Å². The van der Waals surface area contributed by atoms with Crippen molar-refractivity contribution in [2.75, 3.05) is 18.8 Å². The fourth-order valence-corrected chi connectivity index (χ4v) is 4.23. The normalized spacial score (nSPS) is 16.1. The lowest BCUT2D eigenvalue weighted by Crippen LogP contribution is -2.38. The third-order valence-corrected chi connectivity index (χ3v) is 6.16. The number of hydrogen-bond acceptors (Lipinski definition) is 6. The molecule has 2 heterocycles. The quantitative estimate of drug-likeness (QED) is 0.806. The maximum absolute atomic E-state index is 12.3. The summed E-state index contributed by atoms with van der Waals surface area (Å²) >= 11 is 0. The summed E-state index contributed by atoms with van der Waals surface area (Å²) in [6, 6.07) is 8.23. The lowest BCUT2D eigenvalue weighted by atomic mass is 9.96. The molecule has 1 amide bonds. The Morgan fingerprint density at radius 2 is 1.88 bits per heavy atom. The highest BCUT2D eigenvalue weighted by Crippen LogP contribution is 2.27. The van der Waals surface area contributed by atoms with Crippen LogP contribution in [0.5, 0.6) is 0 Å². The number of nitrogens with zero attached hydrogens (tertiary/aromatic N) is 3. The van der Waals surface area contributed by atoms with Gasteiger partial charge in [0.1, 0.15) is 0 Å². The molecule has 1 aliphatic rings. The topological polar surface area (TPSA) is 93.4 Å². The van der Waals surface area contributed by atoms with Gasteiger partial charge in [0.25, 0.3) is 0 Å². The standard InChI is InChI=1S/C17H21N3O4S/c1-13-18-19-17(24-13)14-7-10-20(11-8-14)16(21)9-12-25(22,23)15-5-3-2-4-6-15/h2-6,14H,7-12H2,1H3. The maximum atomic E-state index is 12.3. The molecule has 0 unspecified atom stereocenters.